The third kappa shape index (κ3) is 2.86. The lowest BCUT2D eigenvalue weighted by Gasteiger charge is -2.05. The number of rotatable bonds is 4. The first kappa shape index (κ1) is 12.8. The molecule has 0 saturated heterocycles. The number of ketones is 1. The van der Waals surface area contributed by atoms with E-state index in [0.29, 0.717) is 0 Å². The molecule has 0 bridgehead atoms. The standard InChI is InChI=1S/C9H11N3O5/c1-5(2)7(13)4-11-3-6(12(16)17)8(14)10-9(11)15/h3,5H,4H2,1-2H3,(H,10,14,15). The van der Waals surface area contributed by atoms with Crippen molar-refractivity contribution in [1.29, 1.82) is 0 Å². The van der Waals surface area contributed by atoms with Gasteiger partial charge in [0.25, 0.3) is 0 Å². The molecule has 92 valence electrons. The zero-order valence-corrected chi connectivity index (χ0v) is 9.30. The topological polar surface area (TPSA) is 115 Å². The minimum absolute atomic E-state index is 0.256. The monoisotopic (exact) mass is 241 g/mol. The van der Waals surface area contributed by atoms with E-state index in [0.717, 1.165) is 10.8 Å². The number of carbonyl (C=O) groups is 1. The van der Waals surface area contributed by atoms with Gasteiger partial charge >= 0.3 is 16.9 Å². The lowest BCUT2D eigenvalue weighted by Crippen LogP contribution is -2.33. The van der Waals surface area contributed by atoms with Gasteiger partial charge in [-0.1, -0.05) is 13.8 Å². The Morgan fingerprint density at radius 1 is 1.53 bits per heavy atom. The van der Waals surface area contributed by atoms with Gasteiger partial charge in [0.15, 0.2) is 5.78 Å². The summed E-state index contributed by atoms with van der Waals surface area (Å²) in [6.45, 7) is 3.00. The fraction of sp³-hybridized carbons (Fsp3) is 0.444. The Morgan fingerprint density at radius 2 is 2.12 bits per heavy atom. The first-order chi connectivity index (χ1) is 7.82. The van der Waals surface area contributed by atoms with Crippen LogP contribution in [0.4, 0.5) is 5.69 Å². The molecule has 8 nitrogen and oxygen atoms in total. The molecule has 0 radical (unpaired) electrons. The van der Waals surface area contributed by atoms with Crippen LogP contribution in [0, 0.1) is 16.0 Å². The predicted octanol–water partition coefficient (Wildman–Crippen LogP) is -0.330. The Bertz CT molecular complexity index is 569. The molecule has 1 rings (SSSR count). The average molecular weight is 241 g/mol. The summed E-state index contributed by atoms with van der Waals surface area (Å²) < 4.78 is 0.821. The second-order valence-corrected chi connectivity index (χ2v) is 3.78. The number of nitro groups is 1. The SMILES string of the molecule is CC(C)C(=O)Cn1cc([N+](=O)[O-])c(=O)[nH]c1=O. The molecule has 0 unspecified atom stereocenters. The smallest absolute Gasteiger partial charge is 0.297 e. The number of nitrogens with zero attached hydrogens (tertiary/aromatic N) is 2. The second-order valence-electron chi connectivity index (χ2n) is 3.78. The van der Waals surface area contributed by atoms with Crippen molar-refractivity contribution < 1.29 is 9.72 Å². The molecule has 0 spiro atoms. The minimum atomic E-state index is -1.08. The van der Waals surface area contributed by atoms with E-state index in [1.54, 1.807) is 18.8 Å². The van der Waals surface area contributed by atoms with Gasteiger partial charge in [-0.25, -0.2) is 4.79 Å². The third-order valence-corrected chi connectivity index (χ3v) is 2.16. The zero-order chi connectivity index (χ0) is 13.2. The summed E-state index contributed by atoms with van der Waals surface area (Å²) in [7, 11) is 0. The Kier molecular flexibility index (Phi) is 3.56. The fourth-order valence-electron chi connectivity index (χ4n) is 1.10. The maximum absolute atomic E-state index is 11.4. The highest BCUT2D eigenvalue weighted by molar-refractivity contribution is 5.80. The van der Waals surface area contributed by atoms with Crippen LogP contribution >= 0.6 is 0 Å². The van der Waals surface area contributed by atoms with Gasteiger partial charge in [-0.15, -0.1) is 0 Å². The number of Topliss-reactive ketones (excluding diaryl/α,β-unsaturated/α-hetero) is 1. The lowest BCUT2D eigenvalue weighted by atomic mass is 10.1. The summed E-state index contributed by atoms with van der Waals surface area (Å²) in [5.74, 6) is -0.554. The highest BCUT2D eigenvalue weighted by Gasteiger charge is 2.17. The normalized spacial score (nSPS) is 10.5. The van der Waals surface area contributed by atoms with Crippen LogP contribution in [-0.4, -0.2) is 20.3 Å². The highest BCUT2D eigenvalue weighted by Crippen LogP contribution is 2.01. The number of nitrogens with one attached hydrogen (secondary N) is 1. The summed E-state index contributed by atoms with van der Waals surface area (Å²) in [5.41, 5.74) is -2.68. The van der Waals surface area contributed by atoms with Gasteiger partial charge in [0.1, 0.15) is 0 Å². The molecule has 0 fully saturated rings. The van der Waals surface area contributed by atoms with Crippen LogP contribution < -0.4 is 11.2 Å². The molecular weight excluding hydrogens is 230 g/mol. The second kappa shape index (κ2) is 4.73. The van der Waals surface area contributed by atoms with E-state index < -0.39 is 21.9 Å². The van der Waals surface area contributed by atoms with Crippen molar-refractivity contribution in [3.8, 4) is 0 Å². The molecule has 1 N–H and O–H groups in total. The van der Waals surface area contributed by atoms with Crippen LogP contribution in [0.2, 0.25) is 0 Å². The Labute approximate surface area is 95.0 Å². The molecule has 8 heteroatoms. The van der Waals surface area contributed by atoms with Crippen LogP contribution in [-0.2, 0) is 11.3 Å². The van der Waals surface area contributed by atoms with Crippen molar-refractivity contribution in [3.63, 3.8) is 0 Å². The van der Waals surface area contributed by atoms with E-state index in [-0.39, 0.29) is 18.2 Å². The van der Waals surface area contributed by atoms with E-state index >= 15 is 0 Å². The van der Waals surface area contributed by atoms with Crippen molar-refractivity contribution in [2.24, 2.45) is 5.92 Å². The molecule has 0 aliphatic heterocycles. The zero-order valence-electron chi connectivity index (χ0n) is 9.30. The van der Waals surface area contributed by atoms with Crippen molar-refractivity contribution in [1.82, 2.24) is 9.55 Å². The van der Waals surface area contributed by atoms with Gasteiger partial charge in [-0.05, 0) is 0 Å². The van der Waals surface area contributed by atoms with Gasteiger partial charge in [-0.3, -0.25) is 29.3 Å². The fourth-order valence-corrected chi connectivity index (χ4v) is 1.10. The molecular formula is C9H11N3O5. The third-order valence-electron chi connectivity index (χ3n) is 2.16. The van der Waals surface area contributed by atoms with Crippen LogP contribution in [0.1, 0.15) is 13.8 Å². The molecule has 1 aromatic heterocycles. The largest absolute Gasteiger partial charge is 0.350 e. The summed E-state index contributed by atoms with van der Waals surface area (Å²) in [4.78, 5) is 45.1. The quantitative estimate of drug-likeness (QED) is 0.572. The number of hydrogen-bond acceptors (Lipinski definition) is 5. The van der Waals surface area contributed by atoms with Crippen LogP contribution in [0.5, 0.6) is 0 Å². The minimum Gasteiger partial charge on any atom is -0.297 e. The first-order valence-corrected chi connectivity index (χ1v) is 4.83. The summed E-state index contributed by atoms with van der Waals surface area (Å²) in [6.07, 6.45) is 0.779. The molecule has 0 aromatic carbocycles. The number of H-pyrrole nitrogens is 1. The molecule has 1 heterocycles. The molecule has 0 aliphatic carbocycles. The van der Waals surface area contributed by atoms with Gasteiger partial charge < -0.3 is 0 Å². The number of carbonyl (C=O) groups excluding carboxylic acids is 1. The Hall–Kier alpha value is -2.25. The Morgan fingerprint density at radius 3 is 2.59 bits per heavy atom. The maximum Gasteiger partial charge on any atom is 0.350 e. The van der Waals surface area contributed by atoms with Crippen LogP contribution in [0.25, 0.3) is 0 Å². The van der Waals surface area contributed by atoms with Gasteiger partial charge in [0.2, 0.25) is 0 Å². The maximum atomic E-state index is 11.4. The van der Waals surface area contributed by atoms with E-state index in [2.05, 4.69) is 0 Å². The number of aromatic amines is 1. The van der Waals surface area contributed by atoms with E-state index in [9.17, 15) is 24.5 Å². The lowest BCUT2D eigenvalue weighted by molar-refractivity contribution is -0.386. The first-order valence-electron chi connectivity index (χ1n) is 4.83. The summed E-state index contributed by atoms with van der Waals surface area (Å²) >= 11 is 0. The molecule has 0 amide bonds. The van der Waals surface area contributed by atoms with Crippen molar-refractivity contribution >= 4 is 11.5 Å². The van der Waals surface area contributed by atoms with Crippen molar-refractivity contribution in [3.05, 3.63) is 37.1 Å². The highest BCUT2D eigenvalue weighted by atomic mass is 16.6. The Balaban J connectivity index is 3.22. The molecule has 1 aromatic rings. The van der Waals surface area contributed by atoms with Crippen molar-refractivity contribution in [2.75, 3.05) is 0 Å². The van der Waals surface area contributed by atoms with Crippen LogP contribution in [0.3, 0.4) is 0 Å². The summed E-state index contributed by atoms with van der Waals surface area (Å²) in [6, 6.07) is 0. The van der Waals surface area contributed by atoms with Gasteiger partial charge in [0, 0.05) is 5.92 Å². The molecule has 0 atom stereocenters. The number of aromatic nitrogens is 2. The van der Waals surface area contributed by atoms with E-state index in [1.807, 2.05) is 0 Å². The van der Waals surface area contributed by atoms with E-state index in [1.165, 1.54) is 0 Å². The van der Waals surface area contributed by atoms with Crippen molar-refractivity contribution in [2.45, 2.75) is 20.4 Å². The van der Waals surface area contributed by atoms with Gasteiger partial charge in [-0.2, -0.15) is 0 Å². The molecule has 0 saturated carbocycles. The summed E-state index contributed by atoms with van der Waals surface area (Å²) in [5, 5.41) is 10.5. The average Bonchev–Trinajstić information content (AvgIpc) is 2.21. The molecule has 17 heavy (non-hydrogen) atoms. The number of hydrogen-bond donors (Lipinski definition) is 1. The predicted molar refractivity (Wildman–Crippen MR) is 57.8 cm³/mol. The van der Waals surface area contributed by atoms with Crippen LogP contribution in [0.15, 0.2) is 15.8 Å². The van der Waals surface area contributed by atoms with E-state index in [4.69, 9.17) is 0 Å². The van der Waals surface area contributed by atoms with Gasteiger partial charge in [0.05, 0.1) is 17.7 Å². The molecule has 0 aliphatic rings.